The zero-order valence-electron chi connectivity index (χ0n) is 17.5. The summed E-state index contributed by atoms with van der Waals surface area (Å²) in [5.74, 6) is 0.866. The van der Waals surface area contributed by atoms with Crippen LogP contribution in [0.25, 0.3) is 0 Å². The first-order chi connectivity index (χ1) is 12.6. The minimum Gasteiger partial charge on any atom is -0.396 e. The Balaban J connectivity index is 0.00000676. The van der Waals surface area contributed by atoms with Crippen LogP contribution in [-0.2, 0) is 6.54 Å². The van der Waals surface area contributed by atoms with Gasteiger partial charge in [-0.2, -0.15) is 0 Å². The molecule has 0 saturated carbocycles. The smallest absolute Gasteiger partial charge is 0.191 e. The van der Waals surface area contributed by atoms with Gasteiger partial charge in [0.2, 0.25) is 0 Å². The zero-order valence-corrected chi connectivity index (χ0v) is 19.8. The van der Waals surface area contributed by atoms with Crippen LogP contribution >= 0.6 is 24.0 Å². The summed E-state index contributed by atoms with van der Waals surface area (Å²) in [7, 11) is 2.14. The number of benzene rings is 1. The molecule has 0 aromatic heterocycles. The normalized spacial score (nSPS) is 12.0. The van der Waals surface area contributed by atoms with E-state index in [-0.39, 0.29) is 36.0 Å². The van der Waals surface area contributed by atoms with E-state index in [1.807, 2.05) is 6.07 Å². The van der Waals surface area contributed by atoms with E-state index >= 15 is 0 Å². The molecule has 1 rings (SSSR count). The summed E-state index contributed by atoms with van der Waals surface area (Å²) in [6.07, 6.45) is 2.88. The van der Waals surface area contributed by atoms with Gasteiger partial charge in [-0.05, 0) is 44.2 Å². The van der Waals surface area contributed by atoms with Crippen molar-refractivity contribution in [2.45, 2.75) is 46.6 Å². The Hall–Kier alpha value is -0.860. The van der Waals surface area contributed by atoms with Gasteiger partial charge in [-0.3, -0.25) is 4.99 Å². The average molecular weight is 490 g/mol. The van der Waals surface area contributed by atoms with Gasteiger partial charge in [-0.1, -0.05) is 44.2 Å². The van der Waals surface area contributed by atoms with Crippen molar-refractivity contribution in [1.82, 2.24) is 15.5 Å². The standard InChI is InChI=1S/C21H38N4O.HI/c1-5-21(6-2,13-16-26)18-24-20(22-7-3)23-14-15-25(4)17-19-11-9-8-10-12-19;/h8-12,26H,5-7,13-18H2,1-4H3,(H2,22,23,24);1H. The zero-order chi connectivity index (χ0) is 19.3. The number of halogens is 1. The third-order valence-corrected chi connectivity index (χ3v) is 5.14. The number of rotatable bonds is 12. The Morgan fingerprint density at radius 3 is 2.33 bits per heavy atom. The van der Waals surface area contributed by atoms with E-state index in [9.17, 15) is 5.11 Å². The van der Waals surface area contributed by atoms with Crippen LogP contribution in [0.2, 0.25) is 0 Å². The van der Waals surface area contributed by atoms with Crippen molar-refractivity contribution < 1.29 is 5.11 Å². The molecule has 0 amide bonds. The first kappa shape index (κ1) is 26.1. The van der Waals surface area contributed by atoms with Crippen LogP contribution in [0.5, 0.6) is 0 Å². The number of nitrogens with zero attached hydrogens (tertiary/aromatic N) is 2. The lowest BCUT2D eigenvalue weighted by Crippen LogP contribution is -2.41. The molecule has 0 fully saturated rings. The van der Waals surface area contributed by atoms with Gasteiger partial charge >= 0.3 is 0 Å². The monoisotopic (exact) mass is 490 g/mol. The van der Waals surface area contributed by atoms with Crippen molar-refractivity contribution in [1.29, 1.82) is 0 Å². The fourth-order valence-electron chi connectivity index (χ4n) is 3.07. The molecule has 0 heterocycles. The molecule has 0 aliphatic carbocycles. The molecule has 0 aliphatic rings. The lowest BCUT2D eigenvalue weighted by atomic mass is 9.79. The van der Waals surface area contributed by atoms with Crippen LogP contribution in [0, 0.1) is 5.41 Å². The second-order valence-electron chi connectivity index (χ2n) is 7.03. The van der Waals surface area contributed by atoms with Crippen molar-refractivity contribution in [3.8, 4) is 0 Å². The molecule has 0 bridgehead atoms. The molecule has 0 radical (unpaired) electrons. The number of hydrogen-bond donors (Lipinski definition) is 3. The van der Waals surface area contributed by atoms with Crippen molar-refractivity contribution >= 4 is 29.9 Å². The maximum absolute atomic E-state index is 9.37. The van der Waals surface area contributed by atoms with Crippen molar-refractivity contribution in [2.24, 2.45) is 10.4 Å². The number of nitrogens with one attached hydrogen (secondary N) is 2. The molecule has 3 N–H and O–H groups in total. The summed E-state index contributed by atoms with van der Waals surface area (Å²) in [5, 5.41) is 16.1. The van der Waals surface area contributed by atoms with Crippen LogP contribution < -0.4 is 10.6 Å². The summed E-state index contributed by atoms with van der Waals surface area (Å²) in [6.45, 7) is 11.0. The predicted octanol–water partition coefficient (Wildman–Crippen LogP) is 3.48. The molecule has 0 spiro atoms. The maximum atomic E-state index is 9.37. The number of hydrogen-bond acceptors (Lipinski definition) is 3. The molecule has 1 aromatic carbocycles. The van der Waals surface area contributed by atoms with Gasteiger partial charge in [0.1, 0.15) is 0 Å². The molecule has 0 aliphatic heterocycles. The summed E-state index contributed by atoms with van der Waals surface area (Å²) < 4.78 is 0. The van der Waals surface area contributed by atoms with E-state index in [0.29, 0.717) is 0 Å². The molecule has 156 valence electrons. The molecule has 0 atom stereocenters. The molecule has 0 unspecified atom stereocenters. The number of aliphatic hydroxyl groups excluding tert-OH is 1. The van der Waals surface area contributed by atoms with Gasteiger partial charge in [0.05, 0.1) is 0 Å². The van der Waals surface area contributed by atoms with Crippen LogP contribution in [0.4, 0.5) is 0 Å². The Kier molecular flexibility index (Phi) is 14.6. The molecular weight excluding hydrogens is 451 g/mol. The van der Waals surface area contributed by atoms with E-state index in [4.69, 9.17) is 4.99 Å². The fourth-order valence-corrected chi connectivity index (χ4v) is 3.07. The quantitative estimate of drug-likeness (QED) is 0.239. The second kappa shape index (κ2) is 15.1. The molecule has 27 heavy (non-hydrogen) atoms. The summed E-state index contributed by atoms with van der Waals surface area (Å²) in [6, 6.07) is 10.5. The molecular formula is C21H39IN4O. The predicted molar refractivity (Wildman–Crippen MR) is 127 cm³/mol. The van der Waals surface area contributed by atoms with Crippen LogP contribution in [-0.4, -0.2) is 55.8 Å². The maximum Gasteiger partial charge on any atom is 0.191 e. The lowest BCUT2D eigenvalue weighted by Gasteiger charge is -2.29. The van der Waals surface area contributed by atoms with Gasteiger partial charge in [-0.25, -0.2) is 0 Å². The third-order valence-electron chi connectivity index (χ3n) is 5.14. The topological polar surface area (TPSA) is 59.9 Å². The highest BCUT2D eigenvalue weighted by atomic mass is 127. The number of aliphatic imine (C=N–C) groups is 1. The minimum atomic E-state index is 0. The largest absolute Gasteiger partial charge is 0.396 e. The molecule has 1 aromatic rings. The van der Waals surface area contributed by atoms with Crippen LogP contribution in [0.15, 0.2) is 35.3 Å². The van der Waals surface area contributed by atoms with Crippen molar-refractivity contribution in [3.05, 3.63) is 35.9 Å². The van der Waals surface area contributed by atoms with Gasteiger partial charge < -0.3 is 20.6 Å². The molecule has 5 nitrogen and oxygen atoms in total. The van der Waals surface area contributed by atoms with Gasteiger partial charge in [-0.15, -0.1) is 24.0 Å². The Morgan fingerprint density at radius 2 is 1.78 bits per heavy atom. The highest BCUT2D eigenvalue weighted by Crippen LogP contribution is 2.30. The first-order valence-corrected chi connectivity index (χ1v) is 9.94. The Labute approximate surface area is 183 Å². The van der Waals surface area contributed by atoms with Gasteiger partial charge in [0, 0.05) is 39.3 Å². The summed E-state index contributed by atoms with van der Waals surface area (Å²) in [4.78, 5) is 7.10. The van der Waals surface area contributed by atoms with E-state index in [0.717, 1.165) is 57.9 Å². The molecule has 6 heteroatoms. The highest BCUT2D eigenvalue weighted by molar-refractivity contribution is 14.0. The van der Waals surface area contributed by atoms with Crippen LogP contribution in [0.3, 0.4) is 0 Å². The third kappa shape index (κ3) is 10.3. The van der Waals surface area contributed by atoms with Gasteiger partial charge in [0.15, 0.2) is 5.96 Å². The highest BCUT2D eigenvalue weighted by Gasteiger charge is 2.25. The summed E-state index contributed by atoms with van der Waals surface area (Å²) >= 11 is 0. The Bertz CT molecular complexity index is 506. The number of aliphatic hydroxyl groups is 1. The summed E-state index contributed by atoms with van der Waals surface area (Å²) in [5.41, 5.74) is 1.43. The average Bonchev–Trinajstić information content (AvgIpc) is 2.66. The van der Waals surface area contributed by atoms with E-state index < -0.39 is 0 Å². The first-order valence-electron chi connectivity index (χ1n) is 9.94. The SMILES string of the molecule is CCNC(=NCC(CC)(CC)CCO)NCCN(C)Cc1ccccc1.I. The minimum absolute atomic E-state index is 0. The second-order valence-corrected chi connectivity index (χ2v) is 7.03. The van der Waals surface area contributed by atoms with E-state index in [1.165, 1.54) is 5.56 Å². The van der Waals surface area contributed by atoms with Crippen LogP contribution in [0.1, 0.15) is 45.6 Å². The number of likely N-dealkylation sites (N-methyl/N-ethyl adjacent to an activating group) is 1. The lowest BCUT2D eigenvalue weighted by molar-refractivity contribution is 0.175. The fraction of sp³-hybridized carbons (Fsp3) is 0.667. The van der Waals surface area contributed by atoms with Crippen molar-refractivity contribution in [2.75, 3.05) is 39.8 Å². The number of guanidine groups is 1. The Morgan fingerprint density at radius 1 is 1.11 bits per heavy atom. The van der Waals surface area contributed by atoms with Gasteiger partial charge in [0.25, 0.3) is 0 Å². The van der Waals surface area contributed by atoms with E-state index in [1.54, 1.807) is 0 Å². The van der Waals surface area contributed by atoms with E-state index in [2.05, 4.69) is 67.6 Å². The molecule has 0 saturated heterocycles. The van der Waals surface area contributed by atoms with Crippen molar-refractivity contribution in [3.63, 3.8) is 0 Å².